The molecule has 0 saturated carbocycles. The summed E-state index contributed by atoms with van der Waals surface area (Å²) in [5.74, 6) is -2.09. The SMILES string of the molecule is Nc1cc(C(=O)O)c(F)cc1NCCN1CCCC1. The third-order valence-electron chi connectivity index (χ3n) is 3.31. The lowest BCUT2D eigenvalue weighted by Gasteiger charge is -2.16. The number of nitrogens with zero attached hydrogens (tertiary/aromatic N) is 1. The Morgan fingerprint density at radius 2 is 2.11 bits per heavy atom. The molecule has 4 N–H and O–H groups in total. The Bertz CT molecular complexity index is 473. The fraction of sp³-hybridized carbons (Fsp3) is 0.462. The van der Waals surface area contributed by atoms with Crippen molar-refractivity contribution in [1.29, 1.82) is 0 Å². The Labute approximate surface area is 111 Å². The summed E-state index contributed by atoms with van der Waals surface area (Å²) in [6.45, 7) is 3.74. The van der Waals surface area contributed by atoms with Crippen molar-refractivity contribution in [3.8, 4) is 0 Å². The van der Waals surface area contributed by atoms with Crippen LogP contribution in [0.3, 0.4) is 0 Å². The van der Waals surface area contributed by atoms with Gasteiger partial charge in [0.05, 0.1) is 16.9 Å². The van der Waals surface area contributed by atoms with Crippen LogP contribution in [0, 0.1) is 5.82 Å². The third kappa shape index (κ3) is 3.35. The zero-order valence-corrected chi connectivity index (χ0v) is 10.7. The maximum Gasteiger partial charge on any atom is 0.338 e. The van der Waals surface area contributed by atoms with Crippen LogP contribution in [0.15, 0.2) is 12.1 Å². The summed E-state index contributed by atoms with van der Waals surface area (Å²) < 4.78 is 13.5. The highest BCUT2D eigenvalue weighted by Crippen LogP contribution is 2.23. The molecule has 1 fully saturated rings. The second-order valence-electron chi connectivity index (χ2n) is 4.70. The van der Waals surface area contributed by atoms with Crippen molar-refractivity contribution in [3.05, 3.63) is 23.5 Å². The first-order valence-electron chi connectivity index (χ1n) is 6.36. The zero-order valence-electron chi connectivity index (χ0n) is 10.7. The summed E-state index contributed by atoms with van der Waals surface area (Å²) in [4.78, 5) is 13.1. The Morgan fingerprint density at radius 3 is 2.74 bits per heavy atom. The lowest BCUT2D eigenvalue weighted by molar-refractivity contribution is 0.0692. The first-order valence-corrected chi connectivity index (χ1v) is 6.36. The van der Waals surface area contributed by atoms with Crippen molar-refractivity contribution in [2.75, 3.05) is 37.2 Å². The van der Waals surface area contributed by atoms with Crippen LogP contribution < -0.4 is 11.1 Å². The van der Waals surface area contributed by atoms with Gasteiger partial charge in [0.2, 0.25) is 0 Å². The highest BCUT2D eigenvalue weighted by Gasteiger charge is 2.14. The number of rotatable bonds is 5. The van der Waals surface area contributed by atoms with E-state index < -0.39 is 17.3 Å². The van der Waals surface area contributed by atoms with E-state index in [1.54, 1.807) is 0 Å². The van der Waals surface area contributed by atoms with E-state index in [2.05, 4.69) is 10.2 Å². The number of anilines is 2. The largest absolute Gasteiger partial charge is 0.478 e. The minimum absolute atomic E-state index is 0.250. The first-order chi connectivity index (χ1) is 9.08. The lowest BCUT2D eigenvalue weighted by Crippen LogP contribution is -2.26. The number of likely N-dealkylation sites (tertiary alicyclic amines) is 1. The van der Waals surface area contributed by atoms with Crippen molar-refractivity contribution < 1.29 is 14.3 Å². The van der Waals surface area contributed by atoms with Gasteiger partial charge in [-0.15, -0.1) is 0 Å². The number of nitrogens with one attached hydrogen (secondary N) is 1. The van der Waals surface area contributed by atoms with Crippen LogP contribution in [0.25, 0.3) is 0 Å². The number of carboxylic acids is 1. The normalized spacial score (nSPS) is 15.6. The second-order valence-corrected chi connectivity index (χ2v) is 4.70. The summed E-state index contributed by atoms with van der Waals surface area (Å²) in [6.07, 6.45) is 2.45. The fourth-order valence-corrected chi connectivity index (χ4v) is 2.26. The van der Waals surface area contributed by atoms with E-state index in [4.69, 9.17) is 10.8 Å². The maximum absolute atomic E-state index is 13.5. The Balaban J connectivity index is 1.96. The van der Waals surface area contributed by atoms with Crippen LogP contribution in [-0.2, 0) is 0 Å². The molecule has 104 valence electrons. The van der Waals surface area contributed by atoms with Gasteiger partial charge < -0.3 is 21.1 Å². The van der Waals surface area contributed by atoms with E-state index >= 15 is 0 Å². The Morgan fingerprint density at radius 1 is 1.42 bits per heavy atom. The molecule has 0 radical (unpaired) electrons. The second kappa shape index (κ2) is 5.88. The van der Waals surface area contributed by atoms with Crippen LogP contribution in [0.5, 0.6) is 0 Å². The molecule has 1 heterocycles. The average Bonchev–Trinajstić information content (AvgIpc) is 2.85. The summed E-state index contributed by atoms with van der Waals surface area (Å²) in [5, 5.41) is 11.8. The molecule has 6 heteroatoms. The first kappa shape index (κ1) is 13.6. The number of halogens is 1. The van der Waals surface area contributed by atoms with Gasteiger partial charge in [0.25, 0.3) is 0 Å². The minimum Gasteiger partial charge on any atom is -0.478 e. The van der Waals surface area contributed by atoms with Crippen LogP contribution >= 0.6 is 0 Å². The van der Waals surface area contributed by atoms with Gasteiger partial charge in [-0.1, -0.05) is 0 Å². The van der Waals surface area contributed by atoms with Crippen molar-refractivity contribution in [3.63, 3.8) is 0 Å². The molecule has 1 aromatic rings. The molecule has 5 nitrogen and oxygen atoms in total. The smallest absolute Gasteiger partial charge is 0.338 e. The molecule has 1 aliphatic heterocycles. The molecular formula is C13H18FN3O2. The fourth-order valence-electron chi connectivity index (χ4n) is 2.26. The molecule has 1 aromatic carbocycles. The van der Waals surface area contributed by atoms with E-state index in [1.165, 1.54) is 12.8 Å². The number of nitrogens with two attached hydrogens (primary N) is 1. The summed E-state index contributed by atoms with van der Waals surface area (Å²) in [6, 6.07) is 2.29. The lowest BCUT2D eigenvalue weighted by atomic mass is 10.1. The predicted molar refractivity (Wildman–Crippen MR) is 71.9 cm³/mol. The molecule has 0 aromatic heterocycles. The number of hydrogen-bond acceptors (Lipinski definition) is 4. The third-order valence-corrected chi connectivity index (χ3v) is 3.31. The van der Waals surface area contributed by atoms with Gasteiger partial charge in [-0.25, -0.2) is 9.18 Å². The average molecular weight is 267 g/mol. The minimum atomic E-state index is -1.31. The summed E-state index contributed by atoms with van der Waals surface area (Å²) >= 11 is 0. The molecule has 0 bridgehead atoms. The monoisotopic (exact) mass is 267 g/mol. The number of benzene rings is 1. The van der Waals surface area contributed by atoms with E-state index in [1.807, 2.05) is 0 Å². The molecular weight excluding hydrogens is 249 g/mol. The molecule has 0 unspecified atom stereocenters. The summed E-state index contributed by atoms with van der Waals surface area (Å²) in [5.41, 5.74) is 6.01. The zero-order chi connectivity index (χ0) is 13.8. The van der Waals surface area contributed by atoms with Crippen molar-refractivity contribution in [2.24, 2.45) is 0 Å². The van der Waals surface area contributed by atoms with E-state index in [-0.39, 0.29) is 5.69 Å². The molecule has 0 amide bonds. The molecule has 0 atom stereocenters. The van der Waals surface area contributed by atoms with Crippen LogP contribution in [0.4, 0.5) is 15.8 Å². The Kier molecular flexibility index (Phi) is 4.21. The standard InChI is InChI=1S/C13H18FN3O2/c14-10-8-12(11(15)7-9(10)13(18)19)16-3-6-17-4-1-2-5-17/h7-8,16H,1-6,15H2,(H,18,19). The van der Waals surface area contributed by atoms with Gasteiger partial charge >= 0.3 is 5.97 Å². The molecule has 1 aliphatic rings. The van der Waals surface area contributed by atoms with Crippen LogP contribution in [0.1, 0.15) is 23.2 Å². The predicted octanol–water partition coefficient (Wildman–Crippen LogP) is 1.61. The van der Waals surface area contributed by atoms with E-state index in [0.29, 0.717) is 12.2 Å². The Hall–Kier alpha value is -1.82. The number of carbonyl (C=O) groups is 1. The maximum atomic E-state index is 13.5. The van der Waals surface area contributed by atoms with Gasteiger partial charge in [0.15, 0.2) is 0 Å². The number of hydrogen-bond donors (Lipinski definition) is 3. The number of carboxylic acid groups (broad SMARTS) is 1. The molecule has 0 aliphatic carbocycles. The van der Waals surface area contributed by atoms with Crippen LogP contribution in [0.2, 0.25) is 0 Å². The number of nitrogen functional groups attached to an aromatic ring is 1. The molecule has 0 spiro atoms. The van der Waals surface area contributed by atoms with Gasteiger partial charge in [0.1, 0.15) is 5.82 Å². The highest BCUT2D eigenvalue weighted by molar-refractivity contribution is 5.90. The molecule has 2 rings (SSSR count). The van der Waals surface area contributed by atoms with Gasteiger partial charge in [0, 0.05) is 13.1 Å². The van der Waals surface area contributed by atoms with Crippen molar-refractivity contribution in [2.45, 2.75) is 12.8 Å². The van der Waals surface area contributed by atoms with Gasteiger partial charge in [-0.2, -0.15) is 0 Å². The van der Waals surface area contributed by atoms with E-state index in [0.717, 1.165) is 31.8 Å². The van der Waals surface area contributed by atoms with Crippen molar-refractivity contribution in [1.82, 2.24) is 4.90 Å². The molecule has 19 heavy (non-hydrogen) atoms. The van der Waals surface area contributed by atoms with Crippen LogP contribution in [-0.4, -0.2) is 42.2 Å². The summed E-state index contributed by atoms with van der Waals surface area (Å²) in [7, 11) is 0. The van der Waals surface area contributed by atoms with Gasteiger partial charge in [-0.05, 0) is 38.1 Å². The van der Waals surface area contributed by atoms with Gasteiger partial charge in [-0.3, -0.25) is 0 Å². The highest BCUT2D eigenvalue weighted by atomic mass is 19.1. The van der Waals surface area contributed by atoms with Crippen molar-refractivity contribution >= 4 is 17.3 Å². The topological polar surface area (TPSA) is 78.6 Å². The van der Waals surface area contributed by atoms with E-state index in [9.17, 15) is 9.18 Å². The number of aromatic carboxylic acids is 1. The molecule has 1 saturated heterocycles. The quantitative estimate of drug-likeness (QED) is 0.706.